The molecule has 0 aliphatic heterocycles. The van der Waals surface area contributed by atoms with Gasteiger partial charge in [-0.2, -0.15) is 0 Å². The van der Waals surface area contributed by atoms with Crippen LogP contribution in [0.2, 0.25) is 0 Å². The molecule has 140 valence electrons. The SMILES string of the molecule is COc1ccc(C(C)(C)C(=O)NCc2cn(CC(=O)O)nn2)cc1OC. The molecule has 2 rings (SSSR count). The molecule has 0 radical (unpaired) electrons. The maximum Gasteiger partial charge on any atom is 0.325 e. The number of carbonyl (C=O) groups is 2. The summed E-state index contributed by atoms with van der Waals surface area (Å²) in [5.74, 6) is -0.0948. The number of ether oxygens (including phenoxy) is 2. The molecule has 0 bridgehead atoms. The molecular weight excluding hydrogens is 340 g/mol. The Hall–Kier alpha value is -3.10. The molecule has 0 aliphatic rings. The summed E-state index contributed by atoms with van der Waals surface area (Å²) in [6.07, 6.45) is 1.48. The van der Waals surface area contributed by atoms with E-state index >= 15 is 0 Å². The summed E-state index contributed by atoms with van der Waals surface area (Å²) < 4.78 is 11.7. The van der Waals surface area contributed by atoms with Crippen molar-refractivity contribution >= 4 is 11.9 Å². The van der Waals surface area contributed by atoms with Gasteiger partial charge >= 0.3 is 5.97 Å². The summed E-state index contributed by atoms with van der Waals surface area (Å²) in [7, 11) is 3.09. The first-order chi connectivity index (χ1) is 12.3. The lowest BCUT2D eigenvalue weighted by atomic mass is 9.83. The zero-order chi connectivity index (χ0) is 19.3. The van der Waals surface area contributed by atoms with E-state index in [2.05, 4.69) is 15.6 Å². The van der Waals surface area contributed by atoms with Gasteiger partial charge in [-0.15, -0.1) is 5.10 Å². The molecule has 1 aromatic heterocycles. The third kappa shape index (κ3) is 4.29. The summed E-state index contributed by atoms with van der Waals surface area (Å²) >= 11 is 0. The molecular formula is C17H22N4O5. The van der Waals surface area contributed by atoms with E-state index in [1.165, 1.54) is 18.0 Å². The van der Waals surface area contributed by atoms with Crippen molar-refractivity contribution in [2.24, 2.45) is 0 Å². The highest BCUT2D eigenvalue weighted by Gasteiger charge is 2.30. The Morgan fingerprint density at radius 3 is 2.54 bits per heavy atom. The van der Waals surface area contributed by atoms with E-state index in [-0.39, 0.29) is 19.0 Å². The Morgan fingerprint density at radius 2 is 1.92 bits per heavy atom. The maximum atomic E-state index is 12.6. The molecule has 9 nitrogen and oxygen atoms in total. The molecule has 26 heavy (non-hydrogen) atoms. The van der Waals surface area contributed by atoms with Crippen molar-refractivity contribution in [2.45, 2.75) is 32.4 Å². The molecule has 9 heteroatoms. The molecule has 0 atom stereocenters. The van der Waals surface area contributed by atoms with Crippen molar-refractivity contribution in [3.63, 3.8) is 0 Å². The van der Waals surface area contributed by atoms with Crippen LogP contribution in [0.3, 0.4) is 0 Å². The molecule has 0 saturated heterocycles. The third-order valence-corrected chi connectivity index (χ3v) is 3.99. The van der Waals surface area contributed by atoms with E-state index < -0.39 is 11.4 Å². The van der Waals surface area contributed by atoms with Crippen LogP contribution in [0, 0.1) is 0 Å². The number of methoxy groups -OCH3 is 2. The number of hydrogen-bond acceptors (Lipinski definition) is 6. The van der Waals surface area contributed by atoms with Gasteiger partial charge in [0, 0.05) is 0 Å². The predicted octanol–water partition coefficient (Wildman–Crippen LogP) is 0.974. The minimum absolute atomic E-state index is 0.148. The zero-order valence-electron chi connectivity index (χ0n) is 15.1. The first kappa shape index (κ1) is 19.2. The number of aromatic nitrogens is 3. The van der Waals surface area contributed by atoms with E-state index in [1.807, 2.05) is 6.07 Å². The Labute approximate surface area is 150 Å². The quantitative estimate of drug-likeness (QED) is 0.719. The van der Waals surface area contributed by atoms with Crippen LogP contribution in [0.5, 0.6) is 11.5 Å². The second-order valence-corrected chi connectivity index (χ2v) is 6.18. The molecule has 1 amide bonds. The summed E-state index contributed by atoms with van der Waals surface area (Å²) in [4.78, 5) is 23.3. The van der Waals surface area contributed by atoms with Gasteiger partial charge in [0.2, 0.25) is 5.91 Å². The fourth-order valence-electron chi connectivity index (χ4n) is 2.38. The number of carboxylic acid groups (broad SMARTS) is 1. The highest BCUT2D eigenvalue weighted by atomic mass is 16.5. The van der Waals surface area contributed by atoms with Crippen LogP contribution in [0.25, 0.3) is 0 Å². The van der Waals surface area contributed by atoms with Crippen LogP contribution < -0.4 is 14.8 Å². The maximum absolute atomic E-state index is 12.6. The first-order valence-electron chi connectivity index (χ1n) is 7.89. The fourth-order valence-corrected chi connectivity index (χ4v) is 2.38. The minimum Gasteiger partial charge on any atom is -0.493 e. The van der Waals surface area contributed by atoms with E-state index in [0.717, 1.165) is 5.56 Å². The lowest BCUT2D eigenvalue weighted by Crippen LogP contribution is -2.39. The summed E-state index contributed by atoms with van der Waals surface area (Å²) in [5.41, 5.74) is 0.418. The van der Waals surface area contributed by atoms with E-state index in [0.29, 0.717) is 17.2 Å². The largest absolute Gasteiger partial charge is 0.493 e. The average Bonchev–Trinajstić information content (AvgIpc) is 3.05. The normalized spacial score (nSPS) is 11.1. The number of benzene rings is 1. The van der Waals surface area contributed by atoms with E-state index in [4.69, 9.17) is 14.6 Å². The van der Waals surface area contributed by atoms with Crippen LogP contribution in [-0.2, 0) is 28.1 Å². The number of amides is 1. The van der Waals surface area contributed by atoms with Crippen LogP contribution in [0.4, 0.5) is 0 Å². The van der Waals surface area contributed by atoms with E-state index in [9.17, 15) is 9.59 Å². The molecule has 2 N–H and O–H groups in total. The molecule has 1 heterocycles. The summed E-state index contributed by atoms with van der Waals surface area (Å²) in [5, 5.41) is 19.1. The topological polar surface area (TPSA) is 116 Å². The monoisotopic (exact) mass is 362 g/mol. The Kier molecular flexibility index (Phi) is 5.81. The van der Waals surface area contributed by atoms with Crippen LogP contribution in [0.15, 0.2) is 24.4 Å². The predicted molar refractivity (Wildman–Crippen MR) is 92.1 cm³/mol. The number of carboxylic acids is 1. The Bertz CT molecular complexity index is 800. The van der Waals surface area contributed by atoms with Gasteiger partial charge in [0.05, 0.1) is 32.4 Å². The number of hydrogen-bond donors (Lipinski definition) is 2. The average molecular weight is 362 g/mol. The molecule has 1 aromatic carbocycles. The van der Waals surface area contributed by atoms with Gasteiger partial charge in [-0.1, -0.05) is 11.3 Å². The molecule has 0 saturated carbocycles. The van der Waals surface area contributed by atoms with Crippen LogP contribution >= 0.6 is 0 Å². The van der Waals surface area contributed by atoms with Gasteiger partial charge in [-0.3, -0.25) is 9.59 Å². The molecule has 2 aromatic rings. The van der Waals surface area contributed by atoms with Crippen molar-refractivity contribution in [1.29, 1.82) is 0 Å². The van der Waals surface area contributed by atoms with Gasteiger partial charge < -0.3 is 19.9 Å². The number of rotatable bonds is 8. The lowest BCUT2D eigenvalue weighted by molar-refractivity contribution is -0.138. The summed E-state index contributed by atoms with van der Waals surface area (Å²) in [6.45, 7) is 3.46. The highest BCUT2D eigenvalue weighted by molar-refractivity contribution is 5.87. The van der Waals surface area contributed by atoms with Crippen molar-refractivity contribution in [3.8, 4) is 11.5 Å². The minimum atomic E-state index is -1.01. The van der Waals surface area contributed by atoms with Crippen molar-refractivity contribution in [3.05, 3.63) is 35.7 Å². The van der Waals surface area contributed by atoms with Crippen LogP contribution in [0.1, 0.15) is 25.1 Å². The van der Waals surface area contributed by atoms with Crippen molar-refractivity contribution in [2.75, 3.05) is 14.2 Å². The summed E-state index contributed by atoms with van der Waals surface area (Å²) in [6, 6.07) is 5.33. The Balaban J connectivity index is 2.07. The van der Waals surface area contributed by atoms with Crippen molar-refractivity contribution < 1.29 is 24.2 Å². The highest BCUT2D eigenvalue weighted by Crippen LogP contribution is 2.33. The van der Waals surface area contributed by atoms with Gasteiger partial charge in [0.25, 0.3) is 0 Å². The van der Waals surface area contributed by atoms with Gasteiger partial charge in [-0.25, -0.2) is 4.68 Å². The first-order valence-corrected chi connectivity index (χ1v) is 7.89. The van der Waals surface area contributed by atoms with E-state index in [1.54, 1.807) is 33.1 Å². The molecule has 0 spiro atoms. The smallest absolute Gasteiger partial charge is 0.325 e. The number of carbonyl (C=O) groups excluding carboxylic acids is 1. The molecule has 0 fully saturated rings. The Morgan fingerprint density at radius 1 is 1.23 bits per heavy atom. The molecule has 0 aliphatic carbocycles. The van der Waals surface area contributed by atoms with Crippen molar-refractivity contribution in [1.82, 2.24) is 20.3 Å². The third-order valence-electron chi connectivity index (χ3n) is 3.99. The zero-order valence-corrected chi connectivity index (χ0v) is 15.1. The number of nitrogens with zero attached hydrogens (tertiary/aromatic N) is 3. The standard InChI is InChI=1S/C17H22N4O5/c1-17(2,11-5-6-13(25-3)14(7-11)26-4)16(24)18-8-12-9-21(20-19-12)10-15(22)23/h5-7,9H,8,10H2,1-4H3,(H,18,24)(H,22,23). The lowest BCUT2D eigenvalue weighted by Gasteiger charge is -2.25. The second-order valence-electron chi connectivity index (χ2n) is 6.18. The van der Waals surface area contributed by atoms with Crippen LogP contribution in [-0.4, -0.2) is 46.2 Å². The molecule has 0 unspecified atom stereocenters. The van der Waals surface area contributed by atoms with Gasteiger partial charge in [0.1, 0.15) is 12.2 Å². The second kappa shape index (κ2) is 7.85. The fraction of sp³-hybridized carbons (Fsp3) is 0.412. The number of nitrogens with one attached hydrogen (secondary N) is 1. The number of aliphatic carboxylic acids is 1. The van der Waals surface area contributed by atoms with Gasteiger partial charge in [0.15, 0.2) is 11.5 Å². The van der Waals surface area contributed by atoms with Gasteiger partial charge in [-0.05, 0) is 31.5 Å².